The lowest BCUT2D eigenvalue weighted by molar-refractivity contribution is -0.134. The van der Waals surface area contributed by atoms with E-state index in [9.17, 15) is 4.79 Å². The van der Waals surface area contributed by atoms with E-state index in [1.807, 2.05) is 29.3 Å². The molecule has 1 fully saturated rings. The van der Waals surface area contributed by atoms with E-state index in [1.165, 1.54) is 0 Å². The van der Waals surface area contributed by atoms with Gasteiger partial charge in [0.15, 0.2) is 5.82 Å². The smallest absolute Gasteiger partial charge is 0.249 e. The molecule has 1 aliphatic rings. The SMILES string of the molecule is CO[C@H]1C[C@H](c2nc(C)no2)N(C(=O)[C@@H](C)c2cccs2)C1. The first-order valence-corrected chi connectivity index (χ1v) is 8.15. The Morgan fingerprint density at radius 1 is 1.59 bits per heavy atom. The summed E-state index contributed by atoms with van der Waals surface area (Å²) in [6, 6.07) is 3.74. The summed E-state index contributed by atoms with van der Waals surface area (Å²) in [5.41, 5.74) is 0. The number of rotatable bonds is 4. The first-order chi connectivity index (χ1) is 10.6. The fourth-order valence-electron chi connectivity index (χ4n) is 2.80. The summed E-state index contributed by atoms with van der Waals surface area (Å²) >= 11 is 1.60. The number of thiophene rings is 1. The molecule has 2 aromatic heterocycles. The Kier molecular flexibility index (Phi) is 4.26. The number of likely N-dealkylation sites (tertiary alicyclic amines) is 1. The molecule has 0 unspecified atom stereocenters. The number of nitrogens with zero attached hydrogens (tertiary/aromatic N) is 3. The maximum absolute atomic E-state index is 12.9. The van der Waals surface area contributed by atoms with Crippen molar-refractivity contribution in [1.82, 2.24) is 15.0 Å². The monoisotopic (exact) mass is 321 g/mol. The largest absolute Gasteiger partial charge is 0.380 e. The Morgan fingerprint density at radius 2 is 2.41 bits per heavy atom. The van der Waals surface area contributed by atoms with Gasteiger partial charge in [-0.2, -0.15) is 4.98 Å². The van der Waals surface area contributed by atoms with Gasteiger partial charge in [-0.3, -0.25) is 4.79 Å². The molecule has 3 heterocycles. The van der Waals surface area contributed by atoms with Gasteiger partial charge in [0.05, 0.1) is 12.0 Å². The Balaban J connectivity index is 1.84. The molecule has 1 saturated heterocycles. The molecule has 2 aromatic rings. The zero-order valence-corrected chi connectivity index (χ0v) is 13.7. The summed E-state index contributed by atoms with van der Waals surface area (Å²) in [6.07, 6.45) is 0.679. The molecule has 0 bridgehead atoms. The van der Waals surface area contributed by atoms with Gasteiger partial charge < -0.3 is 14.2 Å². The molecular weight excluding hydrogens is 302 g/mol. The van der Waals surface area contributed by atoms with Crippen molar-refractivity contribution in [3.63, 3.8) is 0 Å². The van der Waals surface area contributed by atoms with Crippen LogP contribution < -0.4 is 0 Å². The summed E-state index contributed by atoms with van der Waals surface area (Å²) in [5, 5.41) is 5.82. The highest BCUT2D eigenvalue weighted by Crippen LogP contribution is 2.35. The van der Waals surface area contributed by atoms with Crippen molar-refractivity contribution in [3.05, 3.63) is 34.1 Å². The van der Waals surface area contributed by atoms with E-state index in [-0.39, 0.29) is 24.0 Å². The third-order valence-electron chi connectivity index (χ3n) is 4.05. The number of aromatic nitrogens is 2. The molecule has 0 radical (unpaired) electrons. The Labute approximate surface area is 133 Å². The van der Waals surface area contributed by atoms with Crippen molar-refractivity contribution in [2.24, 2.45) is 0 Å². The summed E-state index contributed by atoms with van der Waals surface area (Å²) in [5.74, 6) is 0.961. The molecule has 0 spiro atoms. The molecule has 6 nitrogen and oxygen atoms in total. The van der Waals surface area contributed by atoms with Crippen LogP contribution in [0.5, 0.6) is 0 Å². The third-order valence-corrected chi connectivity index (χ3v) is 5.10. The molecule has 0 aliphatic carbocycles. The standard InChI is InChI=1S/C15H19N3O3S/c1-9(13-5-4-6-22-13)15(19)18-8-11(20-3)7-12(18)14-16-10(2)17-21-14/h4-6,9,11-12H,7-8H2,1-3H3/t9-,11-,12+/m0/s1. The number of hydrogen-bond donors (Lipinski definition) is 0. The van der Waals surface area contributed by atoms with E-state index in [0.717, 1.165) is 4.88 Å². The molecule has 1 aliphatic heterocycles. The first kappa shape index (κ1) is 15.2. The average Bonchev–Trinajstić information content (AvgIpc) is 3.25. The minimum absolute atomic E-state index is 0.00306. The van der Waals surface area contributed by atoms with Crippen LogP contribution in [0.25, 0.3) is 0 Å². The van der Waals surface area contributed by atoms with E-state index in [4.69, 9.17) is 9.26 Å². The second-order valence-corrected chi connectivity index (χ2v) is 6.50. The van der Waals surface area contributed by atoms with E-state index in [0.29, 0.717) is 24.7 Å². The van der Waals surface area contributed by atoms with Crippen LogP contribution in [0.15, 0.2) is 22.0 Å². The molecular formula is C15H19N3O3S. The topological polar surface area (TPSA) is 68.5 Å². The lowest BCUT2D eigenvalue weighted by Gasteiger charge is -2.24. The summed E-state index contributed by atoms with van der Waals surface area (Å²) in [7, 11) is 1.66. The molecule has 0 N–H and O–H groups in total. The van der Waals surface area contributed by atoms with Crippen LogP contribution in [-0.2, 0) is 9.53 Å². The number of hydrogen-bond acceptors (Lipinski definition) is 6. The second kappa shape index (κ2) is 6.18. The first-order valence-electron chi connectivity index (χ1n) is 7.27. The molecule has 1 amide bonds. The average molecular weight is 321 g/mol. The molecule has 7 heteroatoms. The van der Waals surface area contributed by atoms with E-state index in [2.05, 4.69) is 10.1 Å². The summed E-state index contributed by atoms with van der Waals surface area (Å²) in [6.45, 7) is 4.26. The van der Waals surface area contributed by atoms with Gasteiger partial charge in [0.25, 0.3) is 0 Å². The van der Waals surface area contributed by atoms with Crippen molar-refractivity contribution in [3.8, 4) is 0 Å². The highest BCUT2D eigenvalue weighted by Gasteiger charge is 2.41. The van der Waals surface area contributed by atoms with Crippen molar-refractivity contribution in [1.29, 1.82) is 0 Å². The Bertz CT molecular complexity index is 640. The van der Waals surface area contributed by atoms with Crippen LogP contribution in [0.3, 0.4) is 0 Å². The highest BCUT2D eigenvalue weighted by atomic mass is 32.1. The van der Waals surface area contributed by atoms with Gasteiger partial charge in [-0.25, -0.2) is 0 Å². The van der Waals surface area contributed by atoms with Crippen molar-refractivity contribution in [2.45, 2.75) is 38.3 Å². The van der Waals surface area contributed by atoms with Gasteiger partial charge >= 0.3 is 0 Å². The van der Waals surface area contributed by atoms with E-state index in [1.54, 1.807) is 25.4 Å². The quantitative estimate of drug-likeness (QED) is 0.865. The number of carbonyl (C=O) groups excluding carboxylic acids is 1. The van der Waals surface area contributed by atoms with Gasteiger partial charge in [-0.1, -0.05) is 11.2 Å². The van der Waals surface area contributed by atoms with Gasteiger partial charge in [-0.05, 0) is 25.3 Å². The molecule has 0 saturated carbocycles. The van der Waals surface area contributed by atoms with Crippen LogP contribution >= 0.6 is 11.3 Å². The van der Waals surface area contributed by atoms with Crippen LogP contribution in [0.4, 0.5) is 0 Å². The van der Waals surface area contributed by atoms with Crippen LogP contribution in [-0.4, -0.2) is 40.7 Å². The Morgan fingerprint density at radius 3 is 3.00 bits per heavy atom. The number of amides is 1. The fourth-order valence-corrected chi connectivity index (χ4v) is 3.58. The van der Waals surface area contributed by atoms with Gasteiger partial charge in [-0.15, -0.1) is 11.3 Å². The highest BCUT2D eigenvalue weighted by molar-refractivity contribution is 7.10. The fraction of sp³-hybridized carbons (Fsp3) is 0.533. The van der Waals surface area contributed by atoms with Crippen LogP contribution in [0, 0.1) is 6.92 Å². The van der Waals surface area contributed by atoms with Gasteiger partial charge in [0.2, 0.25) is 11.8 Å². The molecule has 3 atom stereocenters. The van der Waals surface area contributed by atoms with Gasteiger partial charge in [0.1, 0.15) is 6.04 Å². The molecule has 0 aromatic carbocycles. The minimum atomic E-state index is -0.207. The molecule has 3 rings (SSSR count). The van der Waals surface area contributed by atoms with Crippen molar-refractivity contribution < 1.29 is 14.1 Å². The predicted octanol–water partition coefficient (Wildman–Crippen LogP) is 2.53. The predicted molar refractivity (Wildman–Crippen MR) is 81.6 cm³/mol. The number of aryl methyl sites for hydroxylation is 1. The van der Waals surface area contributed by atoms with Gasteiger partial charge in [0, 0.05) is 25.0 Å². The van der Waals surface area contributed by atoms with Crippen molar-refractivity contribution in [2.75, 3.05) is 13.7 Å². The van der Waals surface area contributed by atoms with E-state index < -0.39 is 0 Å². The molecule has 118 valence electrons. The zero-order chi connectivity index (χ0) is 15.7. The van der Waals surface area contributed by atoms with E-state index >= 15 is 0 Å². The van der Waals surface area contributed by atoms with Crippen LogP contribution in [0.2, 0.25) is 0 Å². The number of carbonyl (C=O) groups is 1. The minimum Gasteiger partial charge on any atom is -0.380 e. The second-order valence-electron chi connectivity index (χ2n) is 5.52. The number of methoxy groups -OCH3 is 1. The zero-order valence-electron chi connectivity index (χ0n) is 12.9. The maximum atomic E-state index is 12.9. The third kappa shape index (κ3) is 2.78. The lowest BCUT2D eigenvalue weighted by Crippen LogP contribution is -2.35. The van der Waals surface area contributed by atoms with Crippen molar-refractivity contribution >= 4 is 17.2 Å². The number of ether oxygens (including phenoxy) is 1. The lowest BCUT2D eigenvalue weighted by atomic mass is 10.1. The van der Waals surface area contributed by atoms with Crippen LogP contribution in [0.1, 0.15) is 41.9 Å². The normalized spacial score (nSPS) is 23.0. The molecule has 22 heavy (non-hydrogen) atoms. The Hall–Kier alpha value is -1.73. The summed E-state index contributed by atoms with van der Waals surface area (Å²) in [4.78, 5) is 20.0. The maximum Gasteiger partial charge on any atom is 0.249 e. The summed E-state index contributed by atoms with van der Waals surface area (Å²) < 4.78 is 10.7.